The highest BCUT2D eigenvalue weighted by molar-refractivity contribution is 14.1. The van der Waals surface area contributed by atoms with E-state index in [9.17, 15) is 0 Å². The van der Waals surface area contributed by atoms with Gasteiger partial charge in [-0.3, -0.25) is 0 Å². The molecule has 1 saturated carbocycles. The van der Waals surface area contributed by atoms with Gasteiger partial charge < -0.3 is 4.74 Å². The van der Waals surface area contributed by atoms with Crippen LogP contribution in [0.15, 0.2) is 0 Å². The Morgan fingerprint density at radius 1 is 1.27 bits per heavy atom. The third kappa shape index (κ3) is 5.73. The summed E-state index contributed by atoms with van der Waals surface area (Å²) >= 11 is 4.51. The smallest absolute Gasteiger partial charge is 0.121 e. The third-order valence-electron chi connectivity index (χ3n) is 2.85. The van der Waals surface area contributed by atoms with Gasteiger partial charge in [0.1, 0.15) is 6.10 Å². The minimum Gasteiger partial charge on any atom is -0.365 e. The first kappa shape index (κ1) is 14.0. The van der Waals surface area contributed by atoms with Gasteiger partial charge in [0, 0.05) is 33.6 Å². The fourth-order valence-electron chi connectivity index (χ4n) is 2.05. The molecule has 1 nitrogen and oxygen atoms in total. The Morgan fingerprint density at radius 2 is 2.00 bits per heavy atom. The topological polar surface area (TPSA) is 9.23 Å². The van der Waals surface area contributed by atoms with Crippen LogP contribution in [0, 0.1) is 15.8 Å². The van der Waals surface area contributed by atoms with Crippen molar-refractivity contribution in [1.29, 1.82) is 0 Å². The number of rotatable bonds is 5. The number of halogens is 2. The highest BCUT2D eigenvalue weighted by atomic mass is 127. The fourth-order valence-corrected chi connectivity index (χ4v) is 2.67. The molecular formula is C12H18I2O. The van der Waals surface area contributed by atoms with Crippen molar-refractivity contribution in [3.05, 3.63) is 0 Å². The van der Waals surface area contributed by atoms with Crippen LogP contribution in [0.5, 0.6) is 0 Å². The van der Waals surface area contributed by atoms with Gasteiger partial charge in [-0.1, -0.05) is 47.8 Å². The number of hydrogen-bond acceptors (Lipinski definition) is 1. The van der Waals surface area contributed by atoms with E-state index >= 15 is 0 Å². The molecule has 0 spiro atoms. The van der Waals surface area contributed by atoms with Gasteiger partial charge in [-0.25, -0.2) is 0 Å². The summed E-state index contributed by atoms with van der Waals surface area (Å²) in [5.41, 5.74) is 0. The second kappa shape index (κ2) is 9.06. The molecule has 15 heavy (non-hydrogen) atoms. The normalized spacial score (nSPS) is 19.3. The maximum Gasteiger partial charge on any atom is 0.121 e. The fraction of sp³-hybridized carbons (Fsp3) is 0.833. The molecule has 0 amide bonds. The molecule has 0 saturated heterocycles. The average molecular weight is 432 g/mol. The summed E-state index contributed by atoms with van der Waals surface area (Å²) in [5, 5.41) is 0. The van der Waals surface area contributed by atoms with Crippen molar-refractivity contribution < 1.29 is 4.74 Å². The molecule has 0 N–H and O–H groups in total. The zero-order valence-corrected chi connectivity index (χ0v) is 13.3. The predicted molar refractivity (Wildman–Crippen MR) is 81.6 cm³/mol. The molecule has 1 aliphatic carbocycles. The Bertz CT molecular complexity index is 213. The first-order valence-corrected chi connectivity index (χ1v) is 8.27. The van der Waals surface area contributed by atoms with Gasteiger partial charge >= 0.3 is 0 Å². The van der Waals surface area contributed by atoms with Crippen LogP contribution >= 0.6 is 45.2 Å². The van der Waals surface area contributed by atoms with Crippen LogP contribution in [0.3, 0.4) is 0 Å². The lowest BCUT2D eigenvalue weighted by molar-refractivity contribution is 0.0393. The van der Waals surface area contributed by atoms with Gasteiger partial charge in [-0.05, 0) is 29.1 Å². The van der Waals surface area contributed by atoms with Crippen molar-refractivity contribution in [2.75, 3.05) is 11.0 Å². The van der Waals surface area contributed by atoms with E-state index in [0.29, 0.717) is 5.92 Å². The molecule has 86 valence electrons. The highest BCUT2D eigenvalue weighted by Crippen LogP contribution is 2.27. The molecule has 0 radical (unpaired) electrons. The molecule has 1 aliphatic rings. The molecular weight excluding hydrogens is 414 g/mol. The van der Waals surface area contributed by atoms with Crippen LogP contribution in [0.2, 0.25) is 0 Å². The SMILES string of the molecule is IC#CC(OCCCI)C1CCCCC1. The Morgan fingerprint density at radius 3 is 2.60 bits per heavy atom. The van der Waals surface area contributed by atoms with Crippen molar-refractivity contribution in [2.24, 2.45) is 5.92 Å². The van der Waals surface area contributed by atoms with Crippen LogP contribution in [0.4, 0.5) is 0 Å². The Labute approximate surface area is 120 Å². The van der Waals surface area contributed by atoms with E-state index in [2.05, 4.69) is 55.0 Å². The molecule has 1 rings (SSSR count). The highest BCUT2D eigenvalue weighted by Gasteiger charge is 2.22. The van der Waals surface area contributed by atoms with E-state index in [0.717, 1.165) is 13.0 Å². The summed E-state index contributed by atoms with van der Waals surface area (Å²) in [6, 6.07) is 0. The lowest BCUT2D eigenvalue weighted by Crippen LogP contribution is -2.25. The van der Waals surface area contributed by atoms with Crippen LogP contribution in [0.1, 0.15) is 38.5 Å². The summed E-state index contributed by atoms with van der Waals surface area (Å²) in [7, 11) is 0. The van der Waals surface area contributed by atoms with E-state index in [4.69, 9.17) is 4.74 Å². The Hall–Kier alpha value is 0.980. The van der Waals surface area contributed by atoms with E-state index in [1.54, 1.807) is 0 Å². The first-order chi connectivity index (χ1) is 7.38. The van der Waals surface area contributed by atoms with Crippen LogP contribution in [-0.4, -0.2) is 17.1 Å². The molecule has 0 aromatic heterocycles. The zero-order chi connectivity index (χ0) is 10.9. The molecule has 1 fully saturated rings. The van der Waals surface area contributed by atoms with E-state index in [1.165, 1.54) is 36.5 Å². The summed E-state index contributed by atoms with van der Waals surface area (Å²) in [4.78, 5) is 0. The van der Waals surface area contributed by atoms with Crippen molar-refractivity contribution >= 4 is 45.2 Å². The minimum absolute atomic E-state index is 0.199. The molecule has 0 aromatic carbocycles. The molecule has 0 bridgehead atoms. The summed E-state index contributed by atoms with van der Waals surface area (Å²) in [5.74, 6) is 3.91. The summed E-state index contributed by atoms with van der Waals surface area (Å²) < 4.78 is 10.0. The maximum absolute atomic E-state index is 5.88. The molecule has 0 aromatic rings. The van der Waals surface area contributed by atoms with Crippen LogP contribution in [-0.2, 0) is 4.74 Å². The van der Waals surface area contributed by atoms with E-state index in [-0.39, 0.29) is 6.10 Å². The van der Waals surface area contributed by atoms with Gasteiger partial charge in [0.2, 0.25) is 0 Å². The predicted octanol–water partition coefficient (Wildman–Crippen LogP) is 4.17. The lowest BCUT2D eigenvalue weighted by atomic mass is 9.85. The Kier molecular flexibility index (Phi) is 8.48. The molecule has 0 aliphatic heterocycles. The van der Waals surface area contributed by atoms with Crippen LogP contribution in [0.25, 0.3) is 0 Å². The molecule has 1 atom stereocenters. The zero-order valence-electron chi connectivity index (χ0n) is 8.98. The Balaban J connectivity index is 2.36. The number of ether oxygens (including phenoxy) is 1. The van der Waals surface area contributed by atoms with Crippen molar-refractivity contribution in [3.63, 3.8) is 0 Å². The van der Waals surface area contributed by atoms with Crippen molar-refractivity contribution in [1.82, 2.24) is 0 Å². The van der Waals surface area contributed by atoms with E-state index in [1.807, 2.05) is 0 Å². The largest absolute Gasteiger partial charge is 0.365 e. The molecule has 1 unspecified atom stereocenters. The minimum atomic E-state index is 0.199. The van der Waals surface area contributed by atoms with Gasteiger partial charge in [0.05, 0.1) is 0 Å². The van der Waals surface area contributed by atoms with E-state index < -0.39 is 0 Å². The second-order valence-electron chi connectivity index (χ2n) is 3.97. The summed E-state index contributed by atoms with van der Waals surface area (Å²) in [6.07, 6.45) is 8.08. The number of hydrogen-bond donors (Lipinski definition) is 0. The standard InChI is InChI=1S/C12H18I2O/c13-8-4-10-15-12(7-9-14)11-5-2-1-3-6-11/h11-12H,1-6,8,10H2. The monoisotopic (exact) mass is 432 g/mol. The van der Waals surface area contributed by atoms with Crippen molar-refractivity contribution in [3.8, 4) is 9.85 Å². The van der Waals surface area contributed by atoms with Crippen LogP contribution < -0.4 is 0 Å². The molecule has 3 heteroatoms. The quantitative estimate of drug-likeness (QED) is 0.274. The van der Waals surface area contributed by atoms with Gasteiger partial charge in [0.25, 0.3) is 0 Å². The molecule has 0 heterocycles. The number of alkyl halides is 1. The lowest BCUT2D eigenvalue weighted by Gasteiger charge is -2.26. The van der Waals surface area contributed by atoms with Crippen molar-refractivity contribution in [2.45, 2.75) is 44.6 Å². The summed E-state index contributed by atoms with van der Waals surface area (Å²) in [6.45, 7) is 0.870. The second-order valence-corrected chi connectivity index (χ2v) is 5.59. The van der Waals surface area contributed by atoms with Gasteiger partial charge in [-0.15, -0.1) is 0 Å². The third-order valence-corrected chi connectivity index (χ3v) is 3.92. The van der Waals surface area contributed by atoms with Gasteiger partial charge in [0.15, 0.2) is 0 Å². The average Bonchev–Trinajstić information content (AvgIpc) is 2.29. The van der Waals surface area contributed by atoms with Gasteiger partial charge in [-0.2, -0.15) is 0 Å². The first-order valence-electron chi connectivity index (χ1n) is 5.67. The maximum atomic E-state index is 5.88.